The van der Waals surface area contributed by atoms with Crippen LogP contribution in [-0.2, 0) is 16.0 Å². The molecule has 0 aromatic heterocycles. The molecule has 1 fully saturated rings. The summed E-state index contributed by atoms with van der Waals surface area (Å²) in [6, 6.07) is 12.3. The van der Waals surface area contributed by atoms with Gasteiger partial charge in [-0.15, -0.1) is 0 Å². The summed E-state index contributed by atoms with van der Waals surface area (Å²) in [5.74, 6) is 0.255. The normalized spacial score (nSPS) is 14.8. The molecule has 0 saturated carbocycles. The van der Waals surface area contributed by atoms with E-state index in [0.717, 1.165) is 9.32 Å². The molecule has 0 radical (unpaired) electrons. The Morgan fingerprint density at radius 3 is 2.02 bits per heavy atom. The van der Waals surface area contributed by atoms with Crippen LogP contribution < -0.4 is 4.74 Å². The molecule has 13 heteroatoms. The molecule has 0 bridgehead atoms. The summed E-state index contributed by atoms with van der Waals surface area (Å²) in [6.45, 7) is 10.2. The van der Waals surface area contributed by atoms with Gasteiger partial charge in [-0.25, -0.2) is 0 Å². The molecule has 4 amide bonds. The Bertz CT molecular complexity index is 1380. The molecule has 0 atom stereocenters. The third-order valence-electron chi connectivity index (χ3n) is 6.15. The number of ether oxygens (including phenoxy) is 3. The van der Waals surface area contributed by atoms with Gasteiger partial charge in [-0.1, -0.05) is 0 Å². The number of rotatable bonds is 5. The number of methoxy groups -OCH3 is 1. The summed E-state index contributed by atoms with van der Waals surface area (Å²) >= 11 is -2.08. The average molecular weight is 728 g/mol. The second-order valence-corrected chi connectivity index (χ2v) is 17.4. The van der Waals surface area contributed by atoms with Crippen LogP contribution in [0.15, 0.2) is 47.5 Å². The SMILES string of the molecule is COc1ccc(I(C)c2ccc(CN(C(=O)OC(C)(C)C)C(=NC(=O)OC(C)(C)C)N3CN(C)C(=O)N(C)C3)cc2F)cc1. The Hall–Kier alpha value is -3.62. The second kappa shape index (κ2) is 14.0. The zero-order valence-electron chi connectivity index (χ0n) is 27.1. The van der Waals surface area contributed by atoms with Crippen molar-refractivity contribution < 1.29 is 33.0 Å². The van der Waals surface area contributed by atoms with E-state index >= 15 is 4.39 Å². The van der Waals surface area contributed by atoms with Gasteiger partial charge in [0.25, 0.3) is 0 Å². The predicted molar refractivity (Wildman–Crippen MR) is 175 cm³/mol. The molecule has 0 aliphatic carbocycles. The molecule has 0 N–H and O–H groups in total. The van der Waals surface area contributed by atoms with Crippen molar-refractivity contribution in [3.05, 3.63) is 61.0 Å². The van der Waals surface area contributed by atoms with Crippen molar-refractivity contribution in [1.82, 2.24) is 19.6 Å². The van der Waals surface area contributed by atoms with Gasteiger partial charge in [-0.05, 0) is 0 Å². The van der Waals surface area contributed by atoms with Crippen molar-refractivity contribution in [2.45, 2.75) is 59.3 Å². The Morgan fingerprint density at radius 1 is 0.955 bits per heavy atom. The number of guanidine groups is 1. The molecular weight excluding hydrogens is 684 g/mol. The summed E-state index contributed by atoms with van der Waals surface area (Å²) < 4.78 is 33.8. The maximum absolute atomic E-state index is 15.7. The van der Waals surface area contributed by atoms with E-state index in [2.05, 4.69) is 9.92 Å². The average Bonchev–Trinajstić information content (AvgIpc) is 2.91. The van der Waals surface area contributed by atoms with Crippen molar-refractivity contribution in [2.75, 3.05) is 39.5 Å². The summed E-state index contributed by atoms with van der Waals surface area (Å²) in [5.41, 5.74) is -1.27. The fraction of sp³-hybridized carbons (Fsp3) is 0.484. The zero-order valence-corrected chi connectivity index (χ0v) is 29.3. The van der Waals surface area contributed by atoms with Crippen molar-refractivity contribution in [3.8, 4) is 5.75 Å². The van der Waals surface area contributed by atoms with E-state index in [0.29, 0.717) is 9.13 Å². The molecule has 1 saturated heterocycles. The van der Waals surface area contributed by atoms with Gasteiger partial charge in [0, 0.05) is 0 Å². The number of alkyl halides is 1. The van der Waals surface area contributed by atoms with Gasteiger partial charge in [0.05, 0.1) is 0 Å². The van der Waals surface area contributed by atoms with Crippen LogP contribution in [0.5, 0.6) is 5.75 Å². The minimum atomic E-state index is -2.08. The molecule has 11 nitrogen and oxygen atoms in total. The Balaban J connectivity index is 2.04. The number of urea groups is 1. The van der Waals surface area contributed by atoms with E-state index in [1.165, 1.54) is 20.8 Å². The molecule has 44 heavy (non-hydrogen) atoms. The van der Waals surface area contributed by atoms with Gasteiger partial charge in [-0.3, -0.25) is 0 Å². The second-order valence-electron chi connectivity index (χ2n) is 12.3. The number of hydrogen-bond donors (Lipinski definition) is 0. The Labute approximate surface area is 266 Å². The van der Waals surface area contributed by atoms with Crippen LogP contribution >= 0.6 is 19.8 Å². The van der Waals surface area contributed by atoms with Crippen LogP contribution in [-0.4, -0.2) is 94.5 Å². The number of hydrogen-bond acceptors (Lipinski definition) is 6. The number of halogens is 2. The zero-order chi connectivity index (χ0) is 33.0. The molecule has 1 aliphatic heterocycles. The summed E-state index contributed by atoms with van der Waals surface area (Å²) in [7, 11) is 4.79. The van der Waals surface area contributed by atoms with Crippen molar-refractivity contribution in [1.29, 1.82) is 0 Å². The first kappa shape index (κ1) is 34.9. The Morgan fingerprint density at radius 2 is 1.52 bits per heavy atom. The van der Waals surface area contributed by atoms with Gasteiger partial charge in [0.1, 0.15) is 0 Å². The number of carbonyl (C=O) groups is 3. The number of carbonyl (C=O) groups excluding carboxylic acids is 3. The number of nitrogens with zero attached hydrogens (tertiary/aromatic N) is 5. The molecular formula is C31H43FIN5O6. The van der Waals surface area contributed by atoms with Gasteiger partial charge < -0.3 is 0 Å². The van der Waals surface area contributed by atoms with E-state index in [4.69, 9.17) is 14.2 Å². The molecule has 2 aromatic rings. The fourth-order valence-corrected chi connectivity index (χ4v) is 7.98. The first-order chi connectivity index (χ1) is 20.4. The van der Waals surface area contributed by atoms with E-state index in [1.807, 2.05) is 24.3 Å². The van der Waals surface area contributed by atoms with Crippen LogP contribution in [0.2, 0.25) is 0 Å². The number of amides is 4. The summed E-state index contributed by atoms with van der Waals surface area (Å²) in [4.78, 5) is 51.0. The third-order valence-corrected chi connectivity index (χ3v) is 11.4. The van der Waals surface area contributed by atoms with Gasteiger partial charge in [0.15, 0.2) is 0 Å². The fourth-order valence-electron chi connectivity index (χ4n) is 4.23. The molecule has 0 unspecified atom stereocenters. The van der Waals surface area contributed by atoms with Crippen LogP contribution in [0.4, 0.5) is 18.8 Å². The first-order valence-electron chi connectivity index (χ1n) is 13.9. The molecule has 1 heterocycles. The third kappa shape index (κ3) is 9.44. The molecule has 0 spiro atoms. The first-order valence-corrected chi connectivity index (χ1v) is 18.3. The van der Waals surface area contributed by atoms with E-state index in [9.17, 15) is 14.4 Å². The van der Waals surface area contributed by atoms with Crippen LogP contribution in [0, 0.1) is 13.0 Å². The van der Waals surface area contributed by atoms with Crippen molar-refractivity contribution in [2.24, 2.45) is 4.99 Å². The minimum absolute atomic E-state index is 0.0308. The van der Waals surface area contributed by atoms with Crippen LogP contribution in [0.3, 0.4) is 0 Å². The molecule has 242 valence electrons. The van der Waals surface area contributed by atoms with Gasteiger partial charge in [0.2, 0.25) is 0 Å². The standard InChI is InChI=1S/C31H43FIN5O6/c1-30(2,3)43-27(39)34-26(37-19-35(8)28(40)36(9)20-37)38(29(41)44-31(4,5)6)18-21-11-16-25(24(32)17-21)33(7)22-12-14-23(42-10)15-13-22/h11-17H,18-20H2,1-10H3. The molecule has 2 aromatic carbocycles. The quantitative estimate of drug-likeness (QED) is 0.155. The van der Waals surface area contributed by atoms with Crippen molar-refractivity contribution >= 4 is 44.0 Å². The maximum atomic E-state index is 15.7. The monoisotopic (exact) mass is 727 g/mol. The number of aliphatic imine (C=N–C) groups is 1. The Kier molecular flexibility index (Phi) is 11.1. The van der Waals surface area contributed by atoms with E-state index in [-0.39, 0.29) is 37.7 Å². The predicted octanol–water partition coefficient (Wildman–Crippen LogP) is 6.25. The van der Waals surface area contributed by atoms with Crippen LogP contribution in [0.1, 0.15) is 47.1 Å². The van der Waals surface area contributed by atoms with E-state index < -0.39 is 43.2 Å². The molecule has 1 aliphatic rings. The summed E-state index contributed by atoms with van der Waals surface area (Å²) in [6.07, 6.45) is -1.72. The van der Waals surface area contributed by atoms with Crippen LogP contribution in [0.25, 0.3) is 0 Å². The topological polar surface area (TPSA) is 104 Å². The van der Waals surface area contributed by atoms with Gasteiger partial charge >= 0.3 is 267 Å². The van der Waals surface area contributed by atoms with E-state index in [1.54, 1.807) is 79.8 Å². The van der Waals surface area contributed by atoms with Crippen molar-refractivity contribution in [3.63, 3.8) is 0 Å². The number of benzene rings is 2. The molecule has 3 rings (SSSR count). The summed E-state index contributed by atoms with van der Waals surface area (Å²) in [5, 5.41) is 0. The van der Waals surface area contributed by atoms with Gasteiger partial charge in [-0.2, -0.15) is 0 Å².